The quantitative estimate of drug-likeness (QED) is 0.849. The molecule has 1 aliphatic carbocycles. The first-order valence-electron chi connectivity index (χ1n) is 6.51. The summed E-state index contributed by atoms with van der Waals surface area (Å²) in [5.74, 6) is 0.964. The summed E-state index contributed by atoms with van der Waals surface area (Å²) in [5, 5.41) is 0. The molecule has 1 aromatic rings. The number of hydrogen-bond donors (Lipinski definition) is 1. The first kappa shape index (κ1) is 12.4. The molecule has 0 bridgehead atoms. The number of nitrogens with two attached hydrogens (primary N) is 1. The van der Waals surface area contributed by atoms with Gasteiger partial charge < -0.3 is 10.5 Å². The van der Waals surface area contributed by atoms with E-state index in [2.05, 4.69) is 26.0 Å². The van der Waals surface area contributed by atoms with Crippen LogP contribution in [0.15, 0.2) is 12.1 Å². The van der Waals surface area contributed by atoms with E-state index in [1.165, 1.54) is 36.0 Å². The Morgan fingerprint density at radius 1 is 1.06 bits per heavy atom. The summed E-state index contributed by atoms with van der Waals surface area (Å²) in [4.78, 5) is 0. The van der Waals surface area contributed by atoms with Gasteiger partial charge in [0.25, 0.3) is 0 Å². The number of aryl methyl sites for hydroxylation is 2. The number of ether oxygens (including phenoxy) is 1. The van der Waals surface area contributed by atoms with E-state index in [0.717, 1.165) is 18.6 Å². The number of methoxy groups -OCH3 is 1. The summed E-state index contributed by atoms with van der Waals surface area (Å²) in [6.45, 7) is 4.23. The van der Waals surface area contributed by atoms with Gasteiger partial charge in [0.15, 0.2) is 0 Å². The third-order valence-electron chi connectivity index (χ3n) is 4.02. The summed E-state index contributed by atoms with van der Waals surface area (Å²) in [7, 11) is 1.72. The van der Waals surface area contributed by atoms with Crippen molar-refractivity contribution in [1.82, 2.24) is 0 Å². The predicted octanol–water partition coefficient (Wildman–Crippen LogP) is 3.43. The van der Waals surface area contributed by atoms with Crippen molar-refractivity contribution in [3.63, 3.8) is 0 Å². The van der Waals surface area contributed by atoms with Gasteiger partial charge in [-0.05, 0) is 49.4 Å². The summed E-state index contributed by atoms with van der Waals surface area (Å²) in [5.41, 5.74) is 10.2. The SMILES string of the molecule is COc1cc(C)c(C2(N)CCCCC2)cc1C. The van der Waals surface area contributed by atoms with Crippen molar-refractivity contribution >= 4 is 0 Å². The second-order valence-corrected chi connectivity index (χ2v) is 5.35. The van der Waals surface area contributed by atoms with E-state index in [1.807, 2.05) is 0 Å². The van der Waals surface area contributed by atoms with Crippen LogP contribution in [0.5, 0.6) is 5.75 Å². The first-order valence-corrected chi connectivity index (χ1v) is 6.51. The molecule has 2 N–H and O–H groups in total. The van der Waals surface area contributed by atoms with Crippen LogP contribution in [0.25, 0.3) is 0 Å². The Morgan fingerprint density at radius 3 is 2.29 bits per heavy atom. The first-order chi connectivity index (χ1) is 8.07. The average Bonchev–Trinajstić information content (AvgIpc) is 2.32. The standard InChI is InChI=1S/C15H23NO/c1-11-10-14(17-3)12(2)9-13(11)15(16)7-5-4-6-8-15/h9-10H,4-8,16H2,1-3H3. The van der Waals surface area contributed by atoms with E-state index in [-0.39, 0.29) is 5.54 Å². The molecular weight excluding hydrogens is 210 g/mol. The monoisotopic (exact) mass is 233 g/mol. The van der Waals surface area contributed by atoms with Crippen LogP contribution in [0.3, 0.4) is 0 Å². The van der Waals surface area contributed by atoms with E-state index in [9.17, 15) is 0 Å². The molecule has 0 radical (unpaired) electrons. The molecule has 2 rings (SSSR count). The van der Waals surface area contributed by atoms with Crippen LogP contribution < -0.4 is 10.5 Å². The lowest BCUT2D eigenvalue weighted by Gasteiger charge is -2.35. The Bertz CT molecular complexity index is 406. The zero-order valence-electron chi connectivity index (χ0n) is 11.2. The van der Waals surface area contributed by atoms with E-state index >= 15 is 0 Å². The molecule has 1 saturated carbocycles. The van der Waals surface area contributed by atoms with Gasteiger partial charge in [0, 0.05) is 5.54 Å². The van der Waals surface area contributed by atoms with Crippen molar-refractivity contribution in [2.24, 2.45) is 5.73 Å². The third-order valence-corrected chi connectivity index (χ3v) is 4.02. The van der Waals surface area contributed by atoms with Crippen LogP contribution in [0.1, 0.15) is 48.8 Å². The lowest BCUT2D eigenvalue weighted by molar-refractivity contribution is 0.300. The number of benzene rings is 1. The van der Waals surface area contributed by atoms with Crippen LogP contribution in [0.2, 0.25) is 0 Å². The van der Waals surface area contributed by atoms with E-state index in [0.29, 0.717) is 0 Å². The van der Waals surface area contributed by atoms with Crippen molar-refractivity contribution < 1.29 is 4.74 Å². The zero-order valence-corrected chi connectivity index (χ0v) is 11.2. The summed E-state index contributed by atoms with van der Waals surface area (Å²) >= 11 is 0. The molecule has 1 aromatic carbocycles. The third kappa shape index (κ3) is 2.32. The molecule has 94 valence electrons. The summed E-state index contributed by atoms with van der Waals surface area (Å²) < 4.78 is 5.36. The smallest absolute Gasteiger partial charge is 0.122 e. The van der Waals surface area contributed by atoms with Gasteiger partial charge in [-0.3, -0.25) is 0 Å². The predicted molar refractivity (Wildman–Crippen MR) is 71.4 cm³/mol. The molecular formula is C15H23NO. The average molecular weight is 233 g/mol. The van der Waals surface area contributed by atoms with Gasteiger partial charge in [0.2, 0.25) is 0 Å². The maximum absolute atomic E-state index is 6.60. The highest BCUT2D eigenvalue weighted by Gasteiger charge is 2.31. The summed E-state index contributed by atoms with van der Waals surface area (Å²) in [6.07, 6.45) is 6.05. The minimum atomic E-state index is -0.112. The lowest BCUT2D eigenvalue weighted by atomic mass is 9.75. The van der Waals surface area contributed by atoms with Crippen LogP contribution >= 0.6 is 0 Å². The molecule has 0 aromatic heterocycles. The minimum absolute atomic E-state index is 0.112. The fourth-order valence-corrected chi connectivity index (χ4v) is 3.00. The molecule has 0 unspecified atom stereocenters. The number of rotatable bonds is 2. The van der Waals surface area contributed by atoms with Crippen LogP contribution in [0.4, 0.5) is 0 Å². The molecule has 0 amide bonds. The minimum Gasteiger partial charge on any atom is -0.496 e. The van der Waals surface area contributed by atoms with Gasteiger partial charge in [-0.2, -0.15) is 0 Å². The maximum atomic E-state index is 6.60. The lowest BCUT2D eigenvalue weighted by Crippen LogP contribution is -2.39. The fourth-order valence-electron chi connectivity index (χ4n) is 3.00. The van der Waals surface area contributed by atoms with Crippen molar-refractivity contribution in [2.45, 2.75) is 51.5 Å². The summed E-state index contributed by atoms with van der Waals surface area (Å²) in [6, 6.07) is 4.34. The maximum Gasteiger partial charge on any atom is 0.122 e. The van der Waals surface area contributed by atoms with E-state index < -0.39 is 0 Å². The molecule has 17 heavy (non-hydrogen) atoms. The van der Waals surface area contributed by atoms with Crippen LogP contribution in [-0.2, 0) is 5.54 Å². The number of hydrogen-bond acceptors (Lipinski definition) is 2. The highest BCUT2D eigenvalue weighted by atomic mass is 16.5. The van der Waals surface area contributed by atoms with Crippen molar-refractivity contribution in [3.8, 4) is 5.75 Å². The van der Waals surface area contributed by atoms with Crippen LogP contribution in [0, 0.1) is 13.8 Å². The Hall–Kier alpha value is -1.02. The van der Waals surface area contributed by atoms with Crippen LogP contribution in [-0.4, -0.2) is 7.11 Å². The van der Waals surface area contributed by atoms with Crippen molar-refractivity contribution in [3.05, 3.63) is 28.8 Å². The normalized spacial score (nSPS) is 19.1. The topological polar surface area (TPSA) is 35.2 Å². The highest BCUT2D eigenvalue weighted by Crippen LogP contribution is 2.38. The molecule has 0 aliphatic heterocycles. The highest BCUT2D eigenvalue weighted by molar-refractivity contribution is 5.44. The van der Waals surface area contributed by atoms with Gasteiger partial charge in [-0.15, -0.1) is 0 Å². The van der Waals surface area contributed by atoms with Gasteiger partial charge in [-0.1, -0.05) is 25.3 Å². The Morgan fingerprint density at radius 2 is 1.71 bits per heavy atom. The fraction of sp³-hybridized carbons (Fsp3) is 0.600. The largest absolute Gasteiger partial charge is 0.496 e. The van der Waals surface area contributed by atoms with Gasteiger partial charge in [0.05, 0.1) is 7.11 Å². The molecule has 0 saturated heterocycles. The van der Waals surface area contributed by atoms with Crippen molar-refractivity contribution in [2.75, 3.05) is 7.11 Å². The van der Waals surface area contributed by atoms with E-state index in [1.54, 1.807) is 7.11 Å². The zero-order chi connectivity index (χ0) is 12.5. The van der Waals surface area contributed by atoms with Gasteiger partial charge in [0.1, 0.15) is 5.75 Å². The van der Waals surface area contributed by atoms with Gasteiger partial charge >= 0.3 is 0 Å². The Labute approximate surface area is 104 Å². The second kappa shape index (κ2) is 4.69. The second-order valence-electron chi connectivity index (χ2n) is 5.35. The molecule has 0 atom stereocenters. The molecule has 1 aliphatic rings. The van der Waals surface area contributed by atoms with Crippen molar-refractivity contribution in [1.29, 1.82) is 0 Å². The molecule has 1 fully saturated rings. The molecule has 2 heteroatoms. The molecule has 0 heterocycles. The molecule has 0 spiro atoms. The van der Waals surface area contributed by atoms with Gasteiger partial charge in [-0.25, -0.2) is 0 Å². The Balaban J connectivity index is 2.41. The molecule has 2 nitrogen and oxygen atoms in total. The van der Waals surface area contributed by atoms with E-state index in [4.69, 9.17) is 10.5 Å². The Kier molecular flexibility index (Phi) is 3.43.